The van der Waals surface area contributed by atoms with Gasteiger partial charge in [0.2, 0.25) is 0 Å². The molecule has 0 aliphatic carbocycles. The molecule has 0 spiro atoms. The predicted molar refractivity (Wildman–Crippen MR) is 59.8 cm³/mol. The number of nitrogens with zero attached hydrogens (tertiary/aromatic N) is 1. The zero-order chi connectivity index (χ0) is 13.0. The van der Waals surface area contributed by atoms with Gasteiger partial charge in [-0.25, -0.2) is 9.18 Å². The minimum atomic E-state index is -1.14. The van der Waals surface area contributed by atoms with Crippen LogP contribution >= 0.6 is 15.9 Å². The molecule has 0 atom stereocenters. The molecule has 0 aliphatic rings. The van der Waals surface area contributed by atoms with Gasteiger partial charge in [-0.15, -0.1) is 0 Å². The van der Waals surface area contributed by atoms with Crippen molar-refractivity contribution in [3.63, 3.8) is 0 Å². The van der Waals surface area contributed by atoms with E-state index in [2.05, 4.69) is 20.7 Å². The molecule has 0 fully saturated rings. The number of hydrogen-bond donors (Lipinski definition) is 0. The maximum Gasteiger partial charge on any atom is 0.379 e. The number of nitriles is 1. The van der Waals surface area contributed by atoms with Crippen molar-refractivity contribution in [3.05, 3.63) is 33.5 Å². The Morgan fingerprint density at radius 3 is 2.71 bits per heavy atom. The van der Waals surface area contributed by atoms with Crippen LogP contribution in [0.15, 0.2) is 16.6 Å². The second kappa shape index (κ2) is 5.55. The molecule has 4 nitrogen and oxygen atoms in total. The normalized spacial score (nSPS) is 9.53. The monoisotopic (exact) mass is 299 g/mol. The first-order valence-corrected chi connectivity index (χ1v) is 5.41. The lowest BCUT2D eigenvalue weighted by Crippen LogP contribution is -2.19. The maximum atomic E-state index is 13.7. The second-order valence-electron chi connectivity index (χ2n) is 2.95. The molecule has 0 saturated heterocycles. The molecular weight excluding hydrogens is 293 g/mol. The summed E-state index contributed by atoms with van der Waals surface area (Å²) in [6.45, 7) is 1.55. The second-order valence-corrected chi connectivity index (χ2v) is 3.80. The first-order valence-electron chi connectivity index (χ1n) is 4.62. The van der Waals surface area contributed by atoms with E-state index in [4.69, 9.17) is 5.26 Å². The van der Waals surface area contributed by atoms with Crippen LogP contribution < -0.4 is 0 Å². The third kappa shape index (κ3) is 2.68. The number of halogens is 2. The highest BCUT2D eigenvalue weighted by molar-refractivity contribution is 9.10. The lowest BCUT2D eigenvalue weighted by molar-refractivity contribution is -0.137. The minimum Gasteiger partial charge on any atom is -0.460 e. The SMILES string of the molecule is CCOC(=O)C(=O)c1ccc(Br)c(C#N)c1F. The van der Waals surface area contributed by atoms with E-state index in [0.29, 0.717) is 0 Å². The van der Waals surface area contributed by atoms with Crippen LogP contribution in [0, 0.1) is 17.1 Å². The summed E-state index contributed by atoms with van der Waals surface area (Å²) in [4.78, 5) is 22.6. The average Bonchev–Trinajstić information content (AvgIpc) is 2.29. The molecule has 0 unspecified atom stereocenters. The molecule has 1 aromatic carbocycles. The minimum absolute atomic E-state index is 0.0217. The molecule has 0 aliphatic heterocycles. The van der Waals surface area contributed by atoms with Gasteiger partial charge in [0.05, 0.1) is 12.2 Å². The van der Waals surface area contributed by atoms with Gasteiger partial charge in [0.1, 0.15) is 11.6 Å². The molecule has 6 heteroatoms. The number of benzene rings is 1. The van der Waals surface area contributed by atoms with Crippen LogP contribution in [-0.4, -0.2) is 18.4 Å². The fraction of sp³-hybridized carbons (Fsp3) is 0.182. The van der Waals surface area contributed by atoms with Crippen molar-refractivity contribution in [1.82, 2.24) is 0 Å². The zero-order valence-corrected chi connectivity index (χ0v) is 10.4. The molecule has 88 valence electrons. The quantitative estimate of drug-likeness (QED) is 0.487. The summed E-state index contributed by atoms with van der Waals surface area (Å²) in [5.74, 6) is -3.27. The molecule has 0 N–H and O–H groups in total. The number of carbonyl (C=O) groups excluding carboxylic acids is 2. The van der Waals surface area contributed by atoms with E-state index in [-0.39, 0.29) is 16.6 Å². The van der Waals surface area contributed by atoms with Gasteiger partial charge in [0, 0.05) is 4.47 Å². The molecule has 0 aromatic heterocycles. The van der Waals surface area contributed by atoms with Gasteiger partial charge < -0.3 is 4.74 Å². The van der Waals surface area contributed by atoms with Gasteiger partial charge in [-0.05, 0) is 35.0 Å². The summed E-state index contributed by atoms with van der Waals surface area (Å²) < 4.78 is 18.4. The van der Waals surface area contributed by atoms with Crippen molar-refractivity contribution in [3.8, 4) is 6.07 Å². The molecule has 0 bridgehead atoms. The zero-order valence-electron chi connectivity index (χ0n) is 8.79. The van der Waals surface area contributed by atoms with E-state index in [9.17, 15) is 14.0 Å². The number of carbonyl (C=O) groups is 2. The van der Waals surface area contributed by atoms with Gasteiger partial charge in [-0.3, -0.25) is 4.79 Å². The highest BCUT2D eigenvalue weighted by Crippen LogP contribution is 2.22. The third-order valence-electron chi connectivity index (χ3n) is 1.91. The molecule has 0 radical (unpaired) electrons. The first kappa shape index (κ1) is 13.3. The molecule has 0 amide bonds. The van der Waals surface area contributed by atoms with Crippen LogP contribution in [0.3, 0.4) is 0 Å². The maximum absolute atomic E-state index is 13.7. The van der Waals surface area contributed by atoms with E-state index < -0.39 is 23.1 Å². The Balaban J connectivity index is 3.21. The van der Waals surface area contributed by atoms with Crippen molar-refractivity contribution in [2.45, 2.75) is 6.92 Å². The summed E-state index contributed by atoms with van der Waals surface area (Å²) in [7, 11) is 0. The van der Waals surface area contributed by atoms with Crippen molar-refractivity contribution in [2.75, 3.05) is 6.61 Å². The molecule has 1 aromatic rings. The summed E-state index contributed by atoms with van der Waals surface area (Å²) in [6, 6.07) is 4.06. The number of Topliss-reactive ketones (excluding diaryl/α,β-unsaturated/α-hetero) is 1. The predicted octanol–water partition coefficient (Wildman–Crippen LogP) is 2.21. The van der Waals surface area contributed by atoms with Crippen molar-refractivity contribution >= 4 is 27.7 Å². The van der Waals surface area contributed by atoms with E-state index in [0.717, 1.165) is 6.07 Å². The third-order valence-corrected chi connectivity index (χ3v) is 2.57. The molecule has 0 saturated carbocycles. The smallest absolute Gasteiger partial charge is 0.379 e. The Kier molecular flexibility index (Phi) is 4.35. The topological polar surface area (TPSA) is 67.2 Å². The summed E-state index contributed by atoms with van der Waals surface area (Å²) >= 11 is 2.97. The van der Waals surface area contributed by atoms with Crippen molar-refractivity contribution in [2.24, 2.45) is 0 Å². The standard InChI is InChI=1S/C11H7BrFNO3/c1-2-17-11(16)10(15)6-3-4-8(12)7(5-14)9(6)13/h3-4H,2H2,1H3. The molecule has 17 heavy (non-hydrogen) atoms. The van der Waals surface area contributed by atoms with Gasteiger partial charge in [-0.1, -0.05) is 0 Å². The highest BCUT2D eigenvalue weighted by Gasteiger charge is 2.24. The lowest BCUT2D eigenvalue weighted by atomic mass is 10.1. The first-order chi connectivity index (χ1) is 8.02. The summed E-state index contributed by atoms with van der Waals surface area (Å²) in [5.41, 5.74) is -0.789. The fourth-order valence-electron chi connectivity index (χ4n) is 1.14. The fourth-order valence-corrected chi connectivity index (χ4v) is 1.53. The van der Waals surface area contributed by atoms with Crippen molar-refractivity contribution in [1.29, 1.82) is 5.26 Å². The van der Waals surface area contributed by atoms with E-state index >= 15 is 0 Å². The van der Waals surface area contributed by atoms with Gasteiger partial charge in [0.15, 0.2) is 5.82 Å². The molecule has 0 heterocycles. The van der Waals surface area contributed by atoms with Crippen LogP contribution in [0.1, 0.15) is 22.8 Å². The van der Waals surface area contributed by atoms with Gasteiger partial charge in [0.25, 0.3) is 5.78 Å². The number of esters is 1. The van der Waals surface area contributed by atoms with E-state index in [1.54, 1.807) is 6.07 Å². The van der Waals surface area contributed by atoms with E-state index in [1.807, 2.05) is 0 Å². The van der Waals surface area contributed by atoms with Crippen LogP contribution in [0.2, 0.25) is 0 Å². The average molecular weight is 300 g/mol. The van der Waals surface area contributed by atoms with Gasteiger partial charge >= 0.3 is 5.97 Å². The van der Waals surface area contributed by atoms with Gasteiger partial charge in [-0.2, -0.15) is 5.26 Å². The number of ketones is 1. The van der Waals surface area contributed by atoms with Crippen LogP contribution in [-0.2, 0) is 9.53 Å². The van der Waals surface area contributed by atoms with Crippen LogP contribution in [0.5, 0.6) is 0 Å². The molecule has 1 rings (SSSR count). The number of rotatable bonds is 3. The van der Waals surface area contributed by atoms with E-state index in [1.165, 1.54) is 13.0 Å². The lowest BCUT2D eigenvalue weighted by Gasteiger charge is -2.04. The number of hydrogen-bond acceptors (Lipinski definition) is 4. The Morgan fingerprint density at radius 1 is 1.53 bits per heavy atom. The van der Waals surface area contributed by atoms with Crippen molar-refractivity contribution < 1.29 is 18.7 Å². The molecular formula is C11H7BrFNO3. The van der Waals surface area contributed by atoms with Crippen LogP contribution in [0.4, 0.5) is 4.39 Å². The largest absolute Gasteiger partial charge is 0.460 e. The highest BCUT2D eigenvalue weighted by atomic mass is 79.9. The summed E-state index contributed by atoms with van der Waals surface area (Å²) in [5, 5.41) is 8.70. The Labute approximate surface area is 105 Å². The Bertz CT molecular complexity index is 522. The Morgan fingerprint density at radius 2 is 2.18 bits per heavy atom. The Hall–Kier alpha value is -1.74. The number of ether oxygens (including phenoxy) is 1. The van der Waals surface area contributed by atoms with Crippen LogP contribution in [0.25, 0.3) is 0 Å². The summed E-state index contributed by atoms with van der Waals surface area (Å²) in [6.07, 6.45) is 0.